The molecule has 4 heteroatoms. The van der Waals surface area contributed by atoms with E-state index in [0.29, 0.717) is 0 Å². The van der Waals surface area contributed by atoms with Crippen molar-refractivity contribution in [2.24, 2.45) is 0 Å². The quantitative estimate of drug-likeness (QED) is 0.159. The minimum absolute atomic E-state index is 0.849. The molecule has 0 atom stereocenters. The molecule has 0 aliphatic heterocycles. The summed E-state index contributed by atoms with van der Waals surface area (Å²) in [4.78, 5) is 4.72. The average molecular weight is 743 g/mol. The van der Waals surface area contributed by atoms with Crippen molar-refractivity contribution < 1.29 is 8.83 Å². The first-order chi connectivity index (χ1) is 28.7. The lowest BCUT2D eigenvalue weighted by Gasteiger charge is -2.30. The van der Waals surface area contributed by atoms with E-state index in [1.165, 1.54) is 26.9 Å². The van der Waals surface area contributed by atoms with Crippen LogP contribution < -0.4 is 9.80 Å². The number of anilines is 6. The Morgan fingerprint density at radius 3 is 1.59 bits per heavy atom. The molecule has 0 spiro atoms. The maximum Gasteiger partial charge on any atom is 0.137 e. The Morgan fingerprint density at radius 2 is 0.759 bits per heavy atom. The first-order valence-corrected chi connectivity index (χ1v) is 19.7. The maximum atomic E-state index is 6.49. The summed E-state index contributed by atoms with van der Waals surface area (Å²) in [6, 6.07) is 73.5. The normalized spacial score (nSPS) is 11.8. The second kappa shape index (κ2) is 12.9. The van der Waals surface area contributed by atoms with Crippen molar-refractivity contribution in [1.29, 1.82) is 0 Å². The molecule has 10 aromatic carbocycles. The van der Waals surface area contributed by atoms with E-state index in [-0.39, 0.29) is 0 Å². The van der Waals surface area contributed by atoms with Crippen LogP contribution in [0.2, 0.25) is 0 Å². The second-order valence-corrected chi connectivity index (χ2v) is 14.9. The van der Waals surface area contributed by atoms with Gasteiger partial charge >= 0.3 is 0 Å². The SMILES string of the molecule is c1ccc(N(c2cccc(N(c3ccc4c(c3)oc3ccccc34)c3ccc4ccc5cc6oc7ccccc7c6cc5c4c3)c2)c2cccc3ccccc23)cc1. The number of benzene rings is 10. The molecular weight excluding hydrogens is 709 g/mol. The molecule has 0 saturated heterocycles. The number of para-hydroxylation sites is 3. The summed E-state index contributed by atoms with van der Waals surface area (Å²) in [6.07, 6.45) is 0. The molecule has 272 valence electrons. The van der Waals surface area contributed by atoms with Crippen LogP contribution >= 0.6 is 0 Å². The maximum absolute atomic E-state index is 6.49. The highest BCUT2D eigenvalue weighted by molar-refractivity contribution is 6.17. The van der Waals surface area contributed by atoms with Gasteiger partial charge in [-0.3, -0.25) is 0 Å². The van der Waals surface area contributed by atoms with Crippen molar-refractivity contribution in [1.82, 2.24) is 0 Å². The van der Waals surface area contributed by atoms with Gasteiger partial charge in [-0.25, -0.2) is 0 Å². The molecule has 0 bridgehead atoms. The lowest BCUT2D eigenvalue weighted by Crippen LogP contribution is -2.13. The van der Waals surface area contributed by atoms with E-state index in [4.69, 9.17) is 8.83 Å². The summed E-state index contributed by atoms with van der Waals surface area (Å²) < 4.78 is 12.8. The Bertz CT molecular complexity index is 3540. The van der Waals surface area contributed by atoms with Crippen molar-refractivity contribution in [3.8, 4) is 0 Å². The Kier molecular flexibility index (Phi) is 7.20. The van der Waals surface area contributed by atoms with Gasteiger partial charge in [0.1, 0.15) is 22.3 Å². The van der Waals surface area contributed by atoms with Crippen LogP contribution in [0.3, 0.4) is 0 Å². The topological polar surface area (TPSA) is 32.8 Å². The van der Waals surface area contributed by atoms with Gasteiger partial charge in [0.25, 0.3) is 0 Å². The minimum Gasteiger partial charge on any atom is -0.456 e. The molecule has 12 rings (SSSR count). The van der Waals surface area contributed by atoms with Gasteiger partial charge in [-0.1, -0.05) is 115 Å². The zero-order chi connectivity index (χ0) is 38.2. The van der Waals surface area contributed by atoms with Crippen LogP contribution in [0.1, 0.15) is 0 Å². The van der Waals surface area contributed by atoms with Crippen molar-refractivity contribution in [3.05, 3.63) is 206 Å². The third-order valence-corrected chi connectivity index (χ3v) is 11.6. The van der Waals surface area contributed by atoms with Crippen LogP contribution in [0, 0.1) is 0 Å². The van der Waals surface area contributed by atoms with Gasteiger partial charge in [-0.2, -0.15) is 0 Å². The number of hydrogen-bond donors (Lipinski definition) is 0. The zero-order valence-electron chi connectivity index (χ0n) is 31.3. The molecule has 0 aliphatic carbocycles. The highest BCUT2D eigenvalue weighted by Gasteiger charge is 2.21. The van der Waals surface area contributed by atoms with E-state index in [0.717, 1.165) is 83.4 Å². The molecule has 0 aliphatic rings. The van der Waals surface area contributed by atoms with Crippen LogP contribution in [-0.4, -0.2) is 0 Å². The highest BCUT2D eigenvalue weighted by Crippen LogP contribution is 2.45. The molecule has 58 heavy (non-hydrogen) atoms. The molecule has 4 nitrogen and oxygen atoms in total. The van der Waals surface area contributed by atoms with Crippen molar-refractivity contribution in [3.63, 3.8) is 0 Å². The van der Waals surface area contributed by atoms with Crippen LogP contribution in [0.15, 0.2) is 215 Å². The van der Waals surface area contributed by atoms with Crippen LogP contribution in [0.4, 0.5) is 34.1 Å². The molecule has 0 N–H and O–H groups in total. The number of nitrogens with zero attached hydrogens (tertiary/aromatic N) is 2. The fraction of sp³-hybridized carbons (Fsp3) is 0. The molecule has 12 aromatic rings. The third-order valence-electron chi connectivity index (χ3n) is 11.6. The van der Waals surface area contributed by atoms with E-state index in [2.05, 4.69) is 192 Å². The Morgan fingerprint density at radius 1 is 0.241 bits per heavy atom. The third kappa shape index (κ3) is 5.16. The Hall–Kier alpha value is -7.82. The monoisotopic (exact) mass is 742 g/mol. The summed E-state index contributed by atoms with van der Waals surface area (Å²) in [7, 11) is 0. The number of furan rings is 2. The van der Waals surface area contributed by atoms with E-state index in [1.807, 2.05) is 24.3 Å². The van der Waals surface area contributed by atoms with Gasteiger partial charge in [-0.15, -0.1) is 0 Å². The highest BCUT2D eigenvalue weighted by atomic mass is 16.3. The molecular formula is C54H34N2O2. The minimum atomic E-state index is 0.849. The Labute approximate surface area is 334 Å². The molecule has 2 heterocycles. The first-order valence-electron chi connectivity index (χ1n) is 19.7. The fourth-order valence-corrected chi connectivity index (χ4v) is 8.88. The summed E-state index contributed by atoms with van der Waals surface area (Å²) in [5, 5.41) is 11.5. The first kappa shape index (κ1) is 32.4. The van der Waals surface area contributed by atoms with E-state index >= 15 is 0 Å². The summed E-state index contributed by atoms with van der Waals surface area (Å²) in [6.45, 7) is 0. The fourth-order valence-electron chi connectivity index (χ4n) is 8.88. The number of rotatable bonds is 6. The van der Waals surface area contributed by atoms with Gasteiger partial charge in [0, 0.05) is 61.4 Å². The lowest BCUT2D eigenvalue weighted by atomic mass is 9.99. The lowest BCUT2D eigenvalue weighted by molar-refractivity contribution is 0.669. The predicted octanol–water partition coefficient (Wildman–Crippen LogP) is 15.9. The molecule has 0 amide bonds. The van der Waals surface area contributed by atoms with Crippen LogP contribution in [0.5, 0.6) is 0 Å². The average Bonchev–Trinajstić information content (AvgIpc) is 3.84. The summed E-state index contributed by atoms with van der Waals surface area (Å²) >= 11 is 0. The van der Waals surface area contributed by atoms with Gasteiger partial charge in [-0.05, 0) is 112 Å². The summed E-state index contributed by atoms with van der Waals surface area (Å²) in [5.74, 6) is 0. The van der Waals surface area contributed by atoms with Crippen molar-refractivity contribution in [2.75, 3.05) is 9.80 Å². The van der Waals surface area contributed by atoms with Gasteiger partial charge in [0.15, 0.2) is 0 Å². The van der Waals surface area contributed by atoms with E-state index < -0.39 is 0 Å². The van der Waals surface area contributed by atoms with Crippen LogP contribution in [-0.2, 0) is 0 Å². The molecule has 0 unspecified atom stereocenters. The standard InChI is InChI=1S/C54H34N2O2/c1-2-14-38(15-3-1)56(50-21-10-13-35-12-4-5-18-43(35)50)40-17-11-16-39(31-40)55(42-28-29-46-44-19-6-8-22-51(44)58-54(46)33-42)41-27-26-36-24-25-37-30-53-49(34-48(37)47(36)32-41)45-20-7-9-23-52(45)57-53/h1-34H. The Balaban J connectivity index is 1.09. The van der Waals surface area contributed by atoms with Gasteiger partial charge < -0.3 is 18.6 Å². The molecule has 0 saturated carbocycles. The predicted molar refractivity (Wildman–Crippen MR) is 243 cm³/mol. The van der Waals surface area contributed by atoms with Crippen LogP contribution in [0.25, 0.3) is 76.2 Å². The van der Waals surface area contributed by atoms with E-state index in [9.17, 15) is 0 Å². The summed E-state index contributed by atoms with van der Waals surface area (Å²) in [5.41, 5.74) is 9.85. The smallest absolute Gasteiger partial charge is 0.137 e. The van der Waals surface area contributed by atoms with Crippen molar-refractivity contribution >= 4 is 110 Å². The number of fused-ring (bicyclic) bond motifs is 10. The number of hydrogen-bond acceptors (Lipinski definition) is 4. The zero-order valence-corrected chi connectivity index (χ0v) is 31.3. The molecule has 2 aromatic heterocycles. The van der Waals surface area contributed by atoms with Gasteiger partial charge in [0.05, 0.1) is 5.69 Å². The van der Waals surface area contributed by atoms with E-state index in [1.54, 1.807) is 0 Å². The van der Waals surface area contributed by atoms with Gasteiger partial charge in [0.2, 0.25) is 0 Å². The largest absolute Gasteiger partial charge is 0.456 e. The second-order valence-electron chi connectivity index (χ2n) is 14.9. The molecule has 0 fully saturated rings. The molecule has 0 radical (unpaired) electrons. The van der Waals surface area contributed by atoms with Crippen molar-refractivity contribution in [2.45, 2.75) is 0 Å².